The number of aliphatic carboxylic acids is 1. The van der Waals surface area contributed by atoms with Crippen LogP contribution in [0.4, 0.5) is 0 Å². The van der Waals surface area contributed by atoms with Crippen molar-refractivity contribution < 1.29 is 14.7 Å². The second-order valence-corrected chi connectivity index (χ2v) is 4.20. The Bertz CT molecular complexity index is 256. The summed E-state index contributed by atoms with van der Waals surface area (Å²) in [6, 6.07) is 0.190. The fourth-order valence-corrected chi connectivity index (χ4v) is 1.96. The lowest BCUT2D eigenvalue weighted by atomic mass is 10.1. The maximum atomic E-state index is 11.2. The fourth-order valence-electron chi connectivity index (χ4n) is 1.96. The van der Waals surface area contributed by atoms with E-state index in [2.05, 4.69) is 10.2 Å². The van der Waals surface area contributed by atoms with Gasteiger partial charge in [0, 0.05) is 25.6 Å². The van der Waals surface area contributed by atoms with Crippen LogP contribution in [0.25, 0.3) is 0 Å². The zero-order chi connectivity index (χ0) is 12.0. The quantitative estimate of drug-likeness (QED) is 0.717. The molecule has 1 atom stereocenters. The topological polar surface area (TPSA) is 69.6 Å². The molecule has 0 aromatic rings. The van der Waals surface area contributed by atoms with E-state index in [1.165, 1.54) is 0 Å². The second-order valence-electron chi connectivity index (χ2n) is 4.20. The van der Waals surface area contributed by atoms with Crippen molar-refractivity contribution in [1.82, 2.24) is 10.2 Å². The molecule has 0 aromatic carbocycles. The Balaban J connectivity index is 2.29. The minimum absolute atomic E-state index is 0.0742. The summed E-state index contributed by atoms with van der Waals surface area (Å²) >= 11 is 0. The van der Waals surface area contributed by atoms with Gasteiger partial charge in [-0.15, -0.1) is 0 Å². The standard InChI is InChI=1S/C11H20N2O3/c1-2-10(14)12-9-4-3-6-13(8-9)7-5-11(15)16/h9H,2-8H2,1H3,(H,12,14)(H,15,16)/t9-/m0/s1. The van der Waals surface area contributed by atoms with Crippen LogP contribution < -0.4 is 5.32 Å². The van der Waals surface area contributed by atoms with Crippen LogP contribution in [0.5, 0.6) is 0 Å². The molecule has 1 aliphatic rings. The Labute approximate surface area is 95.8 Å². The fraction of sp³-hybridized carbons (Fsp3) is 0.818. The number of hydrogen-bond acceptors (Lipinski definition) is 3. The Morgan fingerprint density at radius 3 is 2.88 bits per heavy atom. The Hall–Kier alpha value is -1.10. The summed E-state index contributed by atoms with van der Waals surface area (Å²) in [5.74, 6) is -0.690. The molecule has 1 fully saturated rings. The zero-order valence-corrected chi connectivity index (χ0v) is 9.74. The van der Waals surface area contributed by atoms with E-state index in [1.54, 1.807) is 0 Å². The van der Waals surface area contributed by atoms with Crippen LogP contribution in [0, 0.1) is 0 Å². The van der Waals surface area contributed by atoms with E-state index in [9.17, 15) is 9.59 Å². The Morgan fingerprint density at radius 2 is 2.25 bits per heavy atom. The van der Waals surface area contributed by atoms with Crippen LogP contribution in [0.15, 0.2) is 0 Å². The number of amides is 1. The molecule has 2 N–H and O–H groups in total. The maximum Gasteiger partial charge on any atom is 0.304 e. The smallest absolute Gasteiger partial charge is 0.304 e. The zero-order valence-electron chi connectivity index (χ0n) is 9.74. The summed E-state index contributed by atoms with van der Waals surface area (Å²) in [5.41, 5.74) is 0. The largest absolute Gasteiger partial charge is 0.481 e. The van der Waals surface area contributed by atoms with Crippen LogP contribution in [-0.4, -0.2) is 47.6 Å². The number of nitrogens with one attached hydrogen (secondary N) is 1. The van der Waals surface area contributed by atoms with Gasteiger partial charge < -0.3 is 15.3 Å². The summed E-state index contributed by atoms with van der Waals surface area (Å²) in [5, 5.41) is 11.6. The van der Waals surface area contributed by atoms with Gasteiger partial charge in [0.05, 0.1) is 6.42 Å². The highest BCUT2D eigenvalue weighted by Crippen LogP contribution is 2.10. The number of carbonyl (C=O) groups excluding carboxylic acids is 1. The summed E-state index contributed by atoms with van der Waals surface area (Å²) in [6.45, 7) is 4.12. The lowest BCUT2D eigenvalue weighted by Gasteiger charge is -2.32. The molecule has 0 spiro atoms. The molecule has 1 rings (SSSR count). The summed E-state index contributed by atoms with van der Waals surface area (Å²) < 4.78 is 0. The minimum atomic E-state index is -0.764. The van der Waals surface area contributed by atoms with Gasteiger partial charge >= 0.3 is 5.97 Å². The normalized spacial score (nSPS) is 21.7. The molecule has 0 saturated carbocycles. The van der Waals surface area contributed by atoms with E-state index in [0.29, 0.717) is 13.0 Å². The highest BCUT2D eigenvalue weighted by Gasteiger charge is 2.20. The predicted molar refractivity (Wildman–Crippen MR) is 60.1 cm³/mol. The van der Waals surface area contributed by atoms with Crippen LogP contribution >= 0.6 is 0 Å². The second kappa shape index (κ2) is 6.48. The average Bonchev–Trinajstić information content (AvgIpc) is 2.26. The first kappa shape index (κ1) is 13.0. The third-order valence-electron chi connectivity index (χ3n) is 2.83. The third kappa shape index (κ3) is 4.61. The van der Waals surface area contributed by atoms with Gasteiger partial charge in [-0.1, -0.05) is 6.92 Å². The first-order chi connectivity index (χ1) is 7.61. The van der Waals surface area contributed by atoms with Gasteiger partial charge in [-0.05, 0) is 19.4 Å². The SMILES string of the molecule is CCC(=O)N[C@H]1CCCN(CCC(=O)O)C1. The average molecular weight is 228 g/mol. The molecule has 1 aliphatic heterocycles. The first-order valence-electron chi connectivity index (χ1n) is 5.85. The van der Waals surface area contributed by atoms with Crippen LogP contribution in [0.1, 0.15) is 32.6 Å². The van der Waals surface area contributed by atoms with Gasteiger partial charge in [-0.2, -0.15) is 0 Å². The van der Waals surface area contributed by atoms with E-state index in [0.717, 1.165) is 25.9 Å². The number of nitrogens with zero attached hydrogens (tertiary/aromatic N) is 1. The van der Waals surface area contributed by atoms with Crippen molar-refractivity contribution in [2.45, 2.75) is 38.6 Å². The van der Waals surface area contributed by atoms with Gasteiger partial charge in [0.15, 0.2) is 0 Å². The number of likely N-dealkylation sites (tertiary alicyclic amines) is 1. The van der Waals surface area contributed by atoms with E-state index in [4.69, 9.17) is 5.11 Å². The molecule has 0 radical (unpaired) electrons. The van der Waals surface area contributed by atoms with Crippen molar-refractivity contribution in [1.29, 1.82) is 0 Å². The third-order valence-corrected chi connectivity index (χ3v) is 2.83. The van der Waals surface area contributed by atoms with Crippen molar-refractivity contribution >= 4 is 11.9 Å². The van der Waals surface area contributed by atoms with Gasteiger partial charge in [0.2, 0.25) is 5.91 Å². The monoisotopic (exact) mass is 228 g/mol. The number of carboxylic acids is 1. The van der Waals surface area contributed by atoms with Crippen molar-refractivity contribution in [3.05, 3.63) is 0 Å². The van der Waals surface area contributed by atoms with Crippen molar-refractivity contribution in [3.8, 4) is 0 Å². The van der Waals surface area contributed by atoms with Gasteiger partial charge in [0.25, 0.3) is 0 Å². The van der Waals surface area contributed by atoms with Crippen LogP contribution in [0.2, 0.25) is 0 Å². The summed E-state index contributed by atoms with van der Waals surface area (Å²) in [6.07, 6.45) is 2.70. The van der Waals surface area contributed by atoms with Crippen molar-refractivity contribution in [3.63, 3.8) is 0 Å². The minimum Gasteiger partial charge on any atom is -0.481 e. The lowest BCUT2D eigenvalue weighted by Crippen LogP contribution is -2.47. The number of carboxylic acid groups (broad SMARTS) is 1. The molecular formula is C11H20N2O3. The highest BCUT2D eigenvalue weighted by atomic mass is 16.4. The number of carbonyl (C=O) groups is 2. The highest BCUT2D eigenvalue weighted by molar-refractivity contribution is 5.75. The summed E-state index contributed by atoms with van der Waals surface area (Å²) in [7, 11) is 0. The van der Waals surface area contributed by atoms with Gasteiger partial charge in [0.1, 0.15) is 0 Å². The number of hydrogen-bond donors (Lipinski definition) is 2. The molecule has 0 bridgehead atoms. The van der Waals surface area contributed by atoms with E-state index >= 15 is 0 Å². The van der Waals surface area contributed by atoms with E-state index < -0.39 is 5.97 Å². The molecule has 1 amide bonds. The van der Waals surface area contributed by atoms with E-state index in [1.807, 2.05) is 6.92 Å². The molecule has 0 unspecified atom stereocenters. The molecular weight excluding hydrogens is 208 g/mol. The number of piperidine rings is 1. The molecule has 1 saturated heterocycles. The first-order valence-corrected chi connectivity index (χ1v) is 5.85. The number of rotatable bonds is 5. The van der Waals surface area contributed by atoms with Crippen molar-refractivity contribution in [2.24, 2.45) is 0 Å². The van der Waals surface area contributed by atoms with Crippen LogP contribution in [0.3, 0.4) is 0 Å². The molecule has 5 nitrogen and oxygen atoms in total. The van der Waals surface area contributed by atoms with Gasteiger partial charge in [-0.25, -0.2) is 0 Å². The molecule has 16 heavy (non-hydrogen) atoms. The maximum absolute atomic E-state index is 11.2. The molecule has 92 valence electrons. The summed E-state index contributed by atoms with van der Waals surface area (Å²) in [4.78, 5) is 23.8. The Kier molecular flexibility index (Phi) is 5.25. The van der Waals surface area contributed by atoms with Crippen molar-refractivity contribution in [2.75, 3.05) is 19.6 Å². The Morgan fingerprint density at radius 1 is 1.50 bits per heavy atom. The van der Waals surface area contributed by atoms with E-state index in [-0.39, 0.29) is 18.4 Å². The van der Waals surface area contributed by atoms with Crippen LogP contribution in [-0.2, 0) is 9.59 Å². The van der Waals surface area contributed by atoms with Gasteiger partial charge in [-0.3, -0.25) is 9.59 Å². The molecule has 5 heteroatoms. The lowest BCUT2D eigenvalue weighted by molar-refractivity contribution is -0.137. The predicted octanol–water partition coefficient (Wildman–Crippen LogP) is 0.452. The molecule has 0 aliphatic carbocycles. The molecule has 1 heterocycles. The molecule has 0 aromatic heterocycles.